The van der Waals surface area contributed by atoms with Crippen LogP contribution in [0.5, 0.6) is 0 Å². The summed E-state index contributed by atoms with van der Waals surface area (Å²) in [7, 11) is 1.50. The van der Waals surface area contributed by atoms with Crippen LogP contribution in [-0.2, 0) is 17.4 Å². The maximum Gasteiger partial charge on any atom is 0.416 e. The molecule has 9 heteroatoms. The molecule has 0 fully saturated rings. The average Bonchev–Trinajstić information content (AvgIpc) is 2.67. The molecule has 2 aromatic rings. The van der Waals surface area contributed by atoms with Crippen LogP contribution in [0.2, 0.25) is 0 Å². The smallest absolute Gasteiger partial charge is 0.394 e. The number of hydrogen-bond donors (Lipinski definition) is 4. The van der Waals surface area contributed by atoms with Gasteiger partial charge in [-0.3, -0.25) is 4.79 Å². The van der Waals surface area contributed by atoms with Gasteiger partial charge in [0.15, 0.2) is 0 Å². The molecule has 3 amide bonds. The van der Waals surface area contributed by atoms with Crippen molar-refractivity contribution < 1.29 is 27.9 Å². The zero-order valence-electron chi connectivity index (χ0n) is 15.0. The van der Waals surface area contributed by atoms with Gasteiger partial charge in [0, 0.05) is 12.7 Å². The minimum Gasteiger partial charge on any atom is -0.394 e. The molecule has 0 bridgehead atoms. The number of alkyl halides is 3. The number of carbonyl (C=O) groups is 2. The summed E-state index contributed by atoms with van der Waals surface area (Å²) < 4.78 is 38.0. The molecular weight excluding hydrogens is 375 g/mol. The number of urea groups is 1. The van der Waals surface area contributed by atoms with Gasteiger partial charge in [-0.15, -0.1) is 0 Å². The number of anilines is 1. The van der Waals surface area contributed by atoms with Crippen LogP contribution in [0.25, 0.3) is 0 Å². The lowest BCUT2D eigenvalue weighted by molar-refractivity contribution is -0.137. The predicted molar refractivity (Wildman–Crippen MR) is 97.6 cm³/mol. The highest BCUT2D eigenvalue weighted by Crippen LogP contribution is 2.30. The van der Waals surface area contributed by atoms with Crippen molar-refractivity contribution in [1.29, 1.82) is 0 Å². The van der Waals surface area contributed by atoms with Crippen LogP contribution in [0, 0.1) is 0 Å². The van der Waals surface area contributed by atoms with E-state index in [4.69, 9.17) is 0 Å². The fraction of sp³-hybridized carbons (Fsp3) is 0.263. The van der Waals surface area contributed by atoms with E-state index in [9.17, 15) is 27.9 Å². The third-order valence-electron chi connectivity index (χ3n) is 4.02. The molecule has 1 unspecified atom stereocenters. The second-order valence-electron chi connectivity index (χ2n) is 5.96. The number of likely N-dealkylation sites (N-methyl/N-ethyl adjacent to an activating group) is 1. The highest BCUT2D eigenvalue weighted by molar-refractivity contribution is 5.91. The van der Waals surface area contributed by atoms with Gasteiger partial charge < -0.3 is 21.1 Å². The molecule has 0 aliphatic rings. The summed E-state index contributed by atoms with van der Waals surface area (Å²) in [5.74, 6) is -0.229. The number of carbonyl (C=O) groups excluding carboxylic acids is 2. The molecule has 2 aromatic carbocycles. The Hall–Kier alpha value is -3.07. The minimum atomic E-state index is -4.47. The van der Waals surface area contributed by atoms with Gasteiger partial charge in [0.1, 0.15) is 0 Å². The van der Waals surface area contributed by atoms with E-state index in [1.165, 1.54) is 19.2 Å². The minimum absolute atomic E-state index is 0.0648. The molecule has 1 atom stereocenters. The molecule has 0 heterocycles. The molecule has 0 saturated heterocycles. The van der Waals surface area contributed by atoms with Crippen molar-refractivity contribution in [3.05, 3.63) is 65.2 Å². The van der Waals surface area contributed by atoms with E-state index in [1.54, 1.807) is 24.3 Å². The largest absolute Gasteiger partial charge is 0.416 e. The molecule has 28 heavy (non-hydrogen) atoms. The summed E-state index contributed by atoms with van der Waals surface area (Å²) in [6, 6.07) is 9.31. The van der Waals surface area contributed by atoms with Crippen molar-refractivity contribution >= 4 is 17.6 Å². The van der Waals surface area contributed by atoms with Crippen molar-refractivity contribution in [3.8, 4) is 0 Å². The van der Waals surface area contributed by atoms with Crippen molar-refractivity contribution in [2.24, 2.45) is 0 Å². The molecule has 0 saturated carbocycles. The van der Waals surface area contributed by atoms with Crippen molar-refractivity contribution in [3.63, 3.8) is 0 Å². The van der Waals surface area contributed by atoms with Crippen LogP contribution in [0.1, 0.15) is 22.7 Å². The highest BCUT2D eigenvalue weighted by atomic mass is 19.4. The Bertz CT molecular complexity index is 823. The molecule has 0 aliphatic heterocycles. The SMILES string of the molecule is CNC(=O)Cc1ccccc1NC(=O)NC(CO)c1ccc(C(F)(F)F)cc1. The number of hydrogen-bond acceptors (Lipinski definition) is 3. The Kier molecular flexibility index (Phi) is 7.00. The number of nitrogens with one attached hydrogen (secondary N) is 3. The first kappa shape index (κ1) is 21.2. The number of benzene rings is 2. The molecule has 4 N–H and O–H groups in total. The van der Waals surface area contributed by atoms with Gasteiger partial charge in [-0.25, -0.2) is 4.79 Å². The van der Waals surface area contributed by atoms with Crippen LogP contribution in [-0.4, -0.2) is 30.7 Å². The molecular formula is C19H20F3N3O3. The van der Waals surface area contributed by atoms with Crippen molar-refractivity contribution in [1.82, 2.24) is 10.6 Å². The van der Waals surface area contributed by atoms with Crippen molar-refractivity contribution in [2.45, 2.75) is 18.6 Å². The standard InChI is InChI=1S/C19H20F3N3O3/c1-23-17(27)10-13-4-2-3-5-15(13)24-18(28)25-16(11-26)12-6-8-14(9-7-12)19(20,21)22/h2-9,16,26H,10-11H2,1H3,(H,23,27)(H2,24,25,28). The summed E-state index contributed by atoms with van der Waals surface area (Å²) in [5, 5.41) is 17.1. The van der Waals surface area contributed by atoms with Crippen LogP contribution < -0.4 is 16.0 Å². The number of aliphatic hydroxyl groups excluding tert-OH is 1. The van der Waals surface area contributed by atoms with E-state index in [-0.39, 0.29) is 12.3 Å². The van der Waals surface area contributed by atoms with Gasteiger partial charge in [-0.2, -0.15) is 13.2 Å². The quantitative estimate of drug-likeness (QED) is 0.606. The summed E-state index contributed by atoms with van der Waals surface area (Å²) in [4.78, 5) is 23.8. The highest BCUT2D eigenvalue weighted by Gasteiger charge is 2.30. The number of amides is 3. The van der Waals surface area contributed by atoms with Crippen LogP contribution in [0.3, 0.4) is 0 Å². The lowest BCUT2D eigenvalue weighted by Gasteiger charge is -2.19. The third-order valence-corrected chi connectivity index (χ3v) is 4.02. The van der Waals surface area contributed by atoms with Gasteiger partial charge in [0.2, 0.25) is 5.91 Å². The normalized spacial score (nSPS) is 12.2. The molecule has 0 spiro atoms. The summed E-state index contributed by atoms with van der Waals surface area (Å²) in [6.45, 7) is -0.501. The van der Waals surface area contributed by atoms with Gasteiger partial charge in [-0.05, 0) is 29.3 Å². The zero-order chi connectivity index (χ0) is 20.7. The monoisotopic (exact) mass is 395 g/mol. The number of rotatable bonds is 6. The zero-order valence-corrected chi connectivity index (χ0v) is 15.0. The predicted octanol–water partition coefficient (Wildman–Crippen LogP) is 2.85. The summed E-state index contributed by atoms with van der Waals surface area (Å²) in [5.41, 5.74) is 0.504. The van der Waals surface area contributed by atoms with Crippen LogP contribution >= 0.6 is 0 Å². The maximum atomic E-state index is 12.7. The van der Waals surface area contributed by atoms with E-state index < -0.39 is 30.4 Å². The Balaban J connectivity index is 2.08. The molecule has 2 rings (SSSR count). The van der Waals surface area contributed by atoms with E-state index >= 15 is 0 Å². The van der Waals surface area contributed by atoms with E-state index in [1.807, 2.05) is 0 Å². The second-order valence-corrected chi connectivity index (χ2v) is 5.96. The molecule has 150 valence electrons. The van der Waals surface area contributed by atoms with E-state index in [0.29, 0.717) is 16.8 Å². The first-order valence-corrected chi connectivity index (χ1v) is 8.38. The summed E-state index contributed by atoms with van der Waals surface area (Å²) in [6.07, 6.45) is -4.40. The van der Waals surface area contributed by atoms with E-state index in [0.717, 1.165) is 12.1 Å². The number of halogens is 3. The van der Waals surface area contributed by atoms with Gasteiger partial charge >= 0.3 is 12.2 Å². The number of para-hydroxylation sites is 1. The third kappa shape index (κ3) is 5.71. The average molecular weight is 395 g/mol. The molecule has 0 aromatic heterocycles. The second kappa shape index (κ2) is 9.23. The Morgan fingerprint density at radius 1 is 1.07 bits per heavy atom. The first-order chi connectivity index (χ1) is 13.2. The molecule has 0 aliphatic carbocycles. The Morgan fingerprint density at radius 2 is 1.71 bits per heavy atom. The Labute approximate surface area is 159 Å². The lowest BCUT2D eigenvalue weighted by atomic mass is 10.1. The van der Waals surface area contributed by atoms with Crippen LogP contribution in [0.4, 0.5) is 23.7 Å². The topological polar surface area (TPSA) is 90.5 Å². The summed E-state index contributed by atoms with van der Waals surface area (Å²) >= 11 is 0. The Morgan fingerprint density at radius 3 is 2.29 bits per heavy atom. The fourth-order valence-electron chi connectivity index (χ4n) is 2.51. The lowest BCUT2D eigenvalue weighted by Crippen LogP contribution is -2.34. The maximum absolute atomic E-state index is 12.7. The number of aliphatic hydroxyl groups is 1. The van der Waals surface area contributed by atoms with Gasteiger partial charge in [0.05, 0.1) is 24.6 Å². The van der Waals surface area contributed by atoms with Crippen LogP contribution in [0.15, 0.2) is 48.5 Å². The van der Waals surface area contributed by atoms with E-state index in [2.05, 4.69) is 16.0 Å². The molecule has 6 nitrogen and oxygen atoms in total. The van der Waals surface area contributed by atoms with Crippen molar-refractivity contribution in [2.75, 3.05) is 19.0 Å². The van der Waals surface area contributed by atoms with Gasteiger partial charge in [-0.1, -0.05) is 30.3 Å². The first-order valence-electron chi connectivity index (χ1n) is 8.38. The molecule has 0 radical (unpaired) electrons. The van der Waals surface area contributed by atoms with Gasteiger partial charge in [0.25, 0.3) is 0 Å². The fourth-order valence-corrected chi connectivity index (χ4v) is 2.51.